The molecule has 0 aliphatic carbocycles. The summed E-state index contributed by atoms with van der Waals surface area (Å²) in [6, 6.07) is 2.51. The Balaban J connectivity index is 2.26. The number of pyridine rings is 1. The van der Waals surface area contributed by atoms with E-state index in [9.17, 15) is 18.0 Å². The number of halogens is 4. The molecule has 23 heavy (non-hydrogen) atoms. The zero-order chi connectivity index (χ0) is 17.4. The first-order valence-electron chi connectivity index (χ1n) is 6.66. The number of aromatic nitrogens is 3. The maximum Gasteiger partial charge on any atom is 0.436 e. The number of nitrogens with one attached hydrogen (secondary N) is 1. The first-order chi connectivity index (χ1) is 10.6. The third-order valence-corrected chi connectivity index (χ3v) is 4.21. The summed E-state index contributed by atoms with van der Waals surface area (Å²) in [4.78, 5) is 16.2. The van der Waals surface area contributed by atoms with E-state index in [0.29, 0.717) is 5.82 Å². The van der Waals surface area contributed by atoms with E-state index < -0.39 is 23.8 Å². The number of carbonyl (C=O) groups excluding carboxylic acids is 1. The molecule has 0 unspecified atom stereocenters. The minimum Gasteiger partial charge on any atom is -0.309 e. The second kappa shape index (κ2) is 6.31. The molecule has 0 aromatic carbocycles. The third kappa shape index (κ3) is 3.72. The fraction of sp³-hybridized carbons (Fsp3) is 0.357. The van der Waals surface area contributed by atoms with Gasteiger partial charge in [0, 0.05) is 6.20 Å². The monoisotopic (exact) mass is 390 g/mol. The molecule has 0 aliphatic rings. The molecule has 0 bridgehead atoms. The predicted molar refractivity (Wildman–Crippen MR) is 82.0 cm³/mol. The lowest BCUT2D eigenvalue weighted by atomic mass is 10.2. The SMILES string of the molecule is Cc1ccnc(NC(=O)[C@@H](C)n2nc(C(F)(F)F)c(Br)c2C)c1. The number of aryl methyl sites for hydroxylation is 1. The quantitative estimate of drug-likeness (QED) is 0.864. The van der Waals surface area contributed by atoms with Gasteiger partial charge in [0.2, 0.25) is 5.91 Å². The van der Waals surface area contributed by atoms with Gasteiger partial charge in [-0.15, -0.1) is 0 Å². The lowest BCUT2D eigenvalue weighted by Crippen LogP contribution is -2.26. The normalized spacial score (nSPS) is 13.0. The van der Waals surface area contributed by atoms with E-state index in [1.165, 1.54) is 20.0 Å². The van der Waals surface area contributed by atoms with Crippen LogP contribution in [0.3, 0.4) is 0 Å². The van der Waals surface area contributed by atoms with Crippen LogP contribution in [-0.2, 0) is 11.0 Å². The molecule has 1 amide bonds. The Morgan fingerprint density at radius 3 is 2.57 bits per heavy atom. The minimum atomic E-state index is -4.59. The molecule has 0 saturated heterocycles. The maximum atomic E-state index is 12.9. The molecular weight excluding hydrogens is 377 g/mol. The lowest BCUT2D eigenvalue weighted by molar-refractivity contribution is -0.142. The molecule has 2 aromatic rings. The summed E-state index contributed by atoms with van der Waals surface area (Å²) in [5, 5.41) is 6.09. The molecule has 0 fully saturated rings. The first kappa shape index (κ1) is 17.5. The van der Waals surface area contributed by atoms with Crippen molar-refractivity contribution in [2.75, 3.05) is 5.32 Å². The summed E-state index contributed by atoms with van der Waals surface area (Å²) in [5.74, 6) is -0.170. The highest BCUT2D eigenvalue weighted by molar-refractivity contribution is 9.10. The Hall–Kier alpha value is -1.90. The topological polar surface area (TPSA) is 59.8 Å². The second-order valence-corrected chi connectivity index (χ2v) is 5.87. The van der Waals surface area contributed by atoms with E-state index >= 15 is 0 Å². The van der Waals surface area contributed by atoms with Gasteiger partial charge < -0.3 is 5.32 Å². The molecule has 2 heterocycles. The Bertz CT molecular complexity index is 742. The van der Waals surface area contributed by atoms with Gasteiger partial charge in [0.1, 0.15) is 11.9 Å². The van der Waals surface area contributed by atoms with Crippen LogP contribution in [0.4, 0.5) is 19.0 Å². The van der Waals surface area contributed by atoms with Crippen LogP contribution in [0.2, 0.25) is 0 Å². The first-order valence-corrected chi connectivity index (χ1v) is 7.46. The van der Waals surface area contributed by atoms with E-state index in [4.69, 9.17) is 0 Å². The number of carbonyl (C=O) groups is 1. The van der Waals surface area contributed by atoms with E-state index in [-0.39, 0.29) is 10.2 Å². The van der Waals surface area contributed by atoms with Crippen LogP contribution in [0.5, 0.6) is 0 Å². The maximum absolute atomic E-state index is 12.9. The molecule has 1 atom stereocenters. The van der Waals surface area contributed by atoms with Crippen molar-refractivity contribution in [2.45, 2.75) is 33.0 Å². The molecule has 5 nitrogen and oxygen atoms in total. The number of anilines is 1. The van der Waals surface area contributed by atoms with E-state index in [1.54, 1.807) is 12.1 Å². The van der Waals surface area contributed by atoms with Crippen LogP contribution in [0, 0.1) is 13.8 Å². The van der Waals surface area contributed by atoms with E-state index in [1.807, 2.05) is 6.92 Å². The highest BCUT2D eigenvalue weighted by Gasteiger charge is 2.38. The largest absolute Gasteiger partial charge is 0.436 e. The van der Waals surface area contributed by atoms with Crippen molar-refractivity contribution in [3.63, 3.8) is 0 Å². The van der Waals surface area contributed by atoms with Gasteiger partial charge >= 0.3 is 6.18 Å². The molecule has 0 radical (unpaired) electrons. The highest BCUT2D eigenvalue weighted by Crippen LogP contribution is 2.36. The fourth-order valence-corrected chi connectivity index (χ4v) is 2.49. The van der Waals surface area contributed by atoms with Crippen molar-refractivity contribution >= 4 is 27.7 Å². The minimum absolute atomic E-state index is 0.168. The zero-order valence-electron chi connectivity index (χ0n) is 12.6. The van der Waals surface area contributed by atoms with Gasteiger partial charge in [0.05, 0.1) is 10.2 Å². The van der Waals surface area contributed by atoms with Crippen LogP contribution in [0.25, 0.3) is 0 Å². The summed E-state index contributed by atoms with van der Waals surface area (Å²) in [7, 11) is 0. The van der Waals surface area contributed by atoms with Crippen LogP contribution >= 0.6 is 15.9 Å². The van der Waals surface area contributed by atoms with Gasteiger partial charge in [-0.05, 0) is 54.4 Å². The van der Waals surface area contributed by atoms with Gasteiger partial charge in [-0.3, -0.25) is 9.48 Å². The molecule has 2 rings (SSSR count). The molecule has 2 aromatic heterocycles. The molecular formula is C14H14BrF3N4O. The van der Waals surface area contributed by atoms with Crippen molar-refractivity contribution in [1.82, 2.24) is 14.8 Å². The molecule has 1 N–H and O–H groups in total. The summed E-state index contributed by atoms with van der Waals surface area (Å²) in [6.45, 7) is 4.77. The second-order valence-electron chi connectivity index (χ2n) is 5.07. The number of hydrogen-bond donors (Lipinski definition) is 1. The summed E-state index contributed by atoms with van der Waals surface area (Å²) in [5.41, 5.74) is 0.0702. The molecule has 124 valence electrons. The van der Waals surface area contributed by atoms with E-state index in [0.717, 1.165) is 10.2 Å². The van der Waals surface area contributed by atoms with Crippen molar-refractivity contribution in [2.24, 2.45) is 0 Å². The number of hydrogen-bond acceptors (Lipinski definition) is 3. The van der Waals surface area contributed by atoms with Gasteiger partial charge in [-0.2, -0.15) is 18.3 Å². The molecule has 9 heteroatoms. The van der Waals surface area contributed by atoms with Gasteiger partial charge in [0.15, 0.2) is 5.69 Å². The number of alkyl halides is 3. The van der Waals surface area contributed by atoms with Crippen LogP contribution in [-0.4, -0.2) is 20.7 Å². The molecule has 0 saturated carbocycles. The van der Waals surface area contributed by atoms with Gasteiger partial charge in [-0.1, -0.05) is 0 Å². The average Bonchev–Trinajstić information content (AvgIpc) is 2.74. The Morgan fingerprint density at radius 2 is 2.04 bits per heavy atom. The molecule has 0 spiro atoms. The van der Waals surface area contributed by atoms with Crippen LogP contribution in [0.15, 0.2) is 22.8 Å². The van der Waals surface area contributed by atoms with Crippen LogP contribution in [0.1, 0.15) is 29.9 Å². The summed E-state index contributed by atoms with van der Waals surface area (Å²) < 4.78 is 39.5. The predicted octanol–water partition coefficient (Wildman–Crippen LogP) is 3.88. The van der Waals surface area contributed by atoms with Gasteiger partial charge in [0.25, 0.3) is 0 Å². The Kier molecular flexibility index (Phi) is 4.79. The third-order valence-electron chi connectivity index (χ3n) is 3.26. The number of nitrogens with zero attached hydrogens (tertiary/aromatic N) is 3. The summed E-state index contributed by atoms with van der Waals surface area (Å²) >= 11 is 2.88. The van der Waals surface area contributed by atoms with Gasteiger partial charge in [-0.25, -0.2) is 4.98 Å². The number of rotatable bonds is 3. The Labute approximate surface area is 139 Å². The Morgan fingerprint density at radius 1 is 1.39 bits per heavy atom. The summed E-state index contributed by atoms with van der Waals surface area (Å²) in [6.07, 6.45) is -3.06. The highest BCUT2D eigenvalue weighted by atomic mass is 79.9. The van der Waals surface area contributed by atoms with Crippen LogP contribution < -0.4 is 5.32 Å². The number of amides is 1. The lowest BCUT2D eigenvalue weighted by Gasteiger charge is -2.14. The fourth-order valence-electron chi connectivity index (χ4n) is 2.00. The van der Waals surface area contributed by atoms with Crippen molar-refractivity contribution in [3.8, 4) is 0 Å². The van der Waals surface area contributed by atoms with E-state index in [2.05, 4.69) is 31.3 Å². The average molecular weight is 391 g/mol. The van der Waals surface area contributed by atoms with Crippen molar-refractivity contribution < 1.29 is 18.0 Å². The van der Waals surface area contributed by atoms with Crippen molar-refractivity contribution in [3.05, 3.63) is 39.8 Å². The van der Waals surface area contributed by atoms with Crippen molar-refractivity contribution in [1.29, 1.82) is 0 Å². The standard InChI is InChI=1S/C14H14BrF3N4O/c1-7-4-5-19-10(6-7)20-13(23)9(3)22-8(2)11(15)12(21-22)14(16,17)18/h4-6,9H,1-3H3,(H,19,20,23)/t9-/m1/s1. The zero-order valence-corrected chi connectivity index (χ0v) is 14.2. The smallest absolute Gasteiger partial charge is 0.309 e. The molecule has 0 aliphatic heterocycles.